The van der Waals surface area contributed by atoms with Crippen LogP contribution in [-0.2, 0) is 11.3 Å². The first-order chi connectivity index (χ1) is 13.5. The molecule has 1 amide bonds. The molecular formula is C19H30N4O5. The number of nitrogens with two attached hydrogens (primary N) is 1. The summed E-state index contributed by atoms with van der Waals surface area (Å²) in [7, 11) is 4.75. The van der Waals surface area contributed by atoms with Crippen molar-refractivity contribution in [2.75, 3.05) is 41.0 Å². The lowest BCUT2D eigenvalue weighted by atomic mass is 10.1. The van der Waals surface area contributed by atoms with Crippen LogP contribution in [0.4, 0.5) is 4.79 Å². The number of carbonyl (C=O) groups excluding carboxylic acids is 1. The van der Waals surface area contributed by atoms with Crippen molar-refractivity contribution in [3.05, 3.63) is 17.7 Å². The lowest BCUT2D eigenvalue weighted by Gasteiger charge is -2.31. The van der Waals surface area contributed by atoms with Crippen molar-refractivity contribution in [3.63, 3.8) is 0 Å². The van der Waals surface area contributed by atoms with E-state index in [1.54, 1.807) is 45.3 Å². The fraction of sp³-hybridized carbons (Fsp3) is 0.579. The van der Waals surface area contributed by atoms with Gasteiger partial charge in [0.1, 0.15) is 17.2 Å². The summed E-state index contributed by atoms with van der Waals surface area (Å²) in [5.74, 6) is 2.22. The molecule has 0 saturated carbocycles. The average Bonchev–Trinajstić information content (AvgIpc) is 2.72. The number of carbonyl (C=O) groups is 1. The minimum absolute atomic E-state index is 0.161. The summed E-state index contributed by atoms with van der Waals surface area (Å²) < 4.78 is 21.1. The molecule has 0 aliphatic carbocycles. The molecule has 28 heavy (non-hydrogen) atoms. The second kappa shape index (κ2) is 10.5. The highest BCUT2D eigenvalue weighted by molar-refractivity contribution is 5.78. The largest absolute Gasteiger partial charge is 0.496 e. The number of benzene rings is 1. The van der Waals surface area contributed by atoms with Crippen molar-refractivity contribution < 1.29 is 23.7 Å². The van der Waals surface area contributed by atoms with Crippen molar-refractivity contribution >= 4 is 12.1 Å². The Labute approximate surface area is 165 Å². The van der Waals surface area contributed by atoms with E-state index in [0.29, 0.717) is 49.4 Å². The van der Waals surface area contributed by atoms with Gasteiger partial charge >= 0.3 is 6.09 Å². The Morgan fingerprint density at radius 3 is 2.29 bits per heavy atom. The molecule has 1 aliphatic heterocycles. The van der Waals surface area contributed by atoms with Crippen molar-refractivity contribution in [1.82, 2.24) is 10.2 Å². The van der Waals surface area contributed by atoms with Gasteiger partial charge in [0.25, 0.3) is 0 Å². The number of guanidine groups is 1. The van der Waals surface area contributed by atoms with E-state index in [2.05, 4.69) is 10.3 Å². The molecule has 1 aliphatic rings. The van der Waals surface area contributed by atoms with Gasteiger partial charge in [-0.15, -0.1) is 0 Å². The number of methoxy groups -OCH3 is 3. The molecule has 2 rings (SSSR count). The molecule has 9 heteroatoms. The fourth-order valence-corrected chi connectivity index (χ4v) is 3.07. The lowest BCUT2D eigenvalue weighted by molar-refractivity contribution is 0.0963. The number of piperidine rings is 1. The van der Waals surface area contributed by atoms with E-state index >= 15 is 0 Å². The first kappa shape index (κ1) is 21.5. The quantitative estimate of drug-likeness (QED) is 0.536. The van der Waals surface area contributed by atoms with Gasteiger partial charge in [0.2, 0.25) is 0 Å². The van der Waals surface area contributed by atoms with E-state index in [1.807, 2.05) is 0 Å². The van der Waals surface area contributed by atoms with E-state index in [-0.39, 0.29) is 12.1 Å². The summed E-state index contributed by atoms with van der Waals surface area (Å²) in [6.07, 6.45) is 1.30. The van der Waals surface area contributed by atoms with Gasteiger partial charge in [0, 0.05) is 31.3 Å². The summed E-state index contributed by atoms with van der Waals surface area (Å²) >= 11 is 0. The SMILES string of the molecule is CCOC(=O)N1CCC(NC(N)=NCc2c(OC)cc(OC)cc2OC)CC1. The molecule has 0 aromatic heterocycles. The molecule has 9 nitrogen and oxygen atoms in total. The molecule has 3 N–H and O–H groups in total. The van der Waals surface area contributed by atoms with Crippen molar-refractivity contribution in [2.45, 2.75) is 32.4 Å². The number of aliphatic imine (C=N–C) groups is 1. The number of amides is 1. The molecule has 0 atom stereocenters. The molecule has 1 aromatic rings. The minimum atomic E-state index is -0.263. The van der Waals surface area contributed by atoms with Crippen molar-refractivity contribution in [1.29, 1.82) is 0 Å². The third-order valence-corrected chi connectivity index (χ3v) is 4.60. The average molecular weight is 394 g/mol. The standard InChI is InChI=1S/C19H30N4O5/c1-5-28-19(24)23-8-6-13(7-9-23)22-18(20)21-12-15-16(26-3)10-14(25-2)11-17(15)27-4/h10-11,13H,5-9,12H2,1-4H3,(H3,20,21,22). The van der Waals surface area contributed by atoms with E-state index in [1.165, 1.54) is 0 Å². The summed E-state index contributed by atoms with van der Waals surface area (Å²) in [4.78, 5) is 17.9. The number of hydrogen-bond donors (Lipinski definition) is 2. The molecule has 1 heterocycles. The summed E-state index contributed by atoms with van der Waals surface area (Å²) in [6, 6.07) is 3.72. The van der Waals surface area contributed by atoms with Gasteiger partial charge in [0.15, 0.2) is 5.96 Å². The number of ether oxygens (including phenoxy) is 4. The first-order valence-corrected chi connectivity index (χ1v) is 9.29. The predicted octanol–water partition coefficient (Wildman–Crippen LogP) is 1.74. The summed E-state index contributed by atoms with van der Waals surface area (Å²) in [6.45, 7) is 3.75. The zero-order chi connectivity index (χ0) is 20.5. The fourth-order valence-electron chi connectivity index (χ4n) is 3.07. The predicted molar refractivity (Wildman–Crippen MR) is 106 cm³/mol. The number of nitrogens with one attached hydrogen (secondary N) is 1. The minimum Gasteiger partial charge on any atom is -0.496 e. The Morgan fingerprint density at radius 2 is 1.79 bits per heavy atom. The van der Waals surface area contributed by atoms with Gasteiger partial charge in [-0.3, -0.25) is 0 Å². The molecule has 1 aromatic carbocycles. The second-order valence-corrected chi connectivity index (χ2v) is 6.32. The maximum absolute atomic E-state index is 11.8. The van der Waals surface area contributed by atoms with Crippen LogP contribution in [0.3, 0.4) is 0 Å². The molecular weight excluding hydrogens is 364 g/mol. The topological polar surface area (TPSA) is 108 Å². The van der Waals surface area contributed by atoms with Crippen LogP contribution in [0.2, 0.25) is 0 Å². The maximum Gasteiger partial charge on any atom is 0.409 e. The van der Waals surface area contributed by atoms with Crippen LogP contribution in [-0.4, -0.2) is 64.0 Å². The Kier molecular flexibility index (Phi) is 8.03. The van der Waals surface area contributed by atoms with Gasteiger partial charge < -0.3 is 34.9 Å². The normalized spacial score (nSPS) is 15.1. The van der Waals surface area contributed by atoms with Crippen molar-refractivity contribution in [2.24, 2.45) is 10.7 Å². The van der Waals surface area contributed by atoms with Gasteiger partial charge in [-0.1, -0.05) is 0 Å². The van der Waals surface area contributed by atoms with Crippen LogP contribution >= 0.6 is 0 Å². The van der Waals surface area contributed by atoms with Crippen LogP contribution < -0.4 is 25.3 Å². The van der Waals surface area contributed by atoms with E-state index in [9.17, 15) is 4.79 Å². The molecule has 0 unspecified atom stereocenters. The number of rotatable bonds is 7. The second-order valence-electron chi connectivity index (χ2n) is 6.32. The van der Waals surface area contributed by atoms with Crippen LogP contribution in [0.1, 0.15) is 25.3 Å². The Balaban J connectivity index is 1.96. The number of hydrogen-bond acceptors (Lipinski definition) is 6. The van der Waals surface area contributed by atoms with Gasteiger partial charge in [-0.2, -0.15) is 0 Å². The third-order valence-electron chi connectivity index (χ3n) is 4.60. The molecule has 156 valence electrons. The maximum atomic E-state index is 11.8. The number of likely N-dealkylation sites (tertiary alicyclic amines) is 1. The highest BCUT2D eigenvalue weighted by Crippen LogP contribution is 2.34. The number of nitrogens with zero attached hydrogens (tertiary/aromatic N) is 2. The Morgan fingerprint density at radius 1 is 1.18 bits per heavy atom. The summed E-state index contributed by atoms with van der Waals surface area (Å²) in [5.41, 5.74) is 6.85. The first-order valence-electron chi connectivity index (χ1n) is 9.29. The van der Waals surface area contributed by atoms with Gasteiger partial charge in [-0.05, 0) is 19.8 Å². The highest BCUT2D eigenvalue weighted by Gasteiger charge is 2.23. The molecule has 1 saturated heterocycles. The lowest BCUT2D eigenvalue weighted by Crippen LogP contribution is -2.48. The zero-order valence-corrected chi connectivity index (χ0v) is 17.0. The third kappa shape index (κ3) is 5.58. The molecule has 0 radical (unpaired) electrons. The van der Waals surface area contributed by atoms with Crippen molar-refractivity contribution in [3.8, 4) is 17.2 Å². The Hall–Kier alpha value is -2.84. The van der Waals surface area contributed by atoms with E-state index in [0.717, 1.165) is 18.4 Å². The smallest absolute Gasteiger partial charge is 0.409 e. The summed E-state index contributed by atoms with van der Waals surface area (Å²) in [5, 5.41) is 3.22. The monoisotopic (exact) mass is 394 g/mol. The highest BCUT2D eigenvalue weighted by atomic mass is 16.6. The van der Waals surface area contributed by atoms with Crippen LogP contribution in [0, 0.1) is 0 Å². The molecule has 0 spiro atoms. The van der Waals surface area contributed by atoms with Crippen LogP contribution in [0.5, 0.6) is 17.2 Å². The Bertz CT molecular complexity index is 662. The van der Waals surface area contributed by atoms with E-state index < -0.39 is 0 Å². The van der Waals surface area contributed by atoms with Crippen LogP contribution in [0.15, 0.2) is 17.1 Å². The van der Waals surface area contributed by atoms with Gasteiger partial charge in [0.05, 0.1) is 40.0 Å². The molecule has 0 bridgehead atoms. The molecule has 1 fully saturated rings. The van der Waals surface area contributed by atoms with E-state index in [4.69, 9.17) is 24.7 Å². The van der Waals surface area contributed by atoms with Crippen LogP contribution in [0.25, 0.3) is 0 Å². The van der Waals surface area contributed by atoms with Gasteiger partial charge in [-0.25, -0.2) is 9.79 Å². The zero-order valence-electron chi connectivity index (χ0n) is 17.0.